The second-order valence-corrected chi connectivity index (χ2v) is 7.01. The molecule has 0 bridgehead atoms. The first-order valence-corrected chi connectivity index (χ1v) is 9.55. The zero-order valence-electron chi connectivity index (χ0n) is 16.1. The topological polar surface area (TPSA) is 67.8 Å². The van der Waals surface area contributed by atoms with Gasteiger partial charge in [-0.1, -0.05) is 19.9 Å². The van der Waals surface area contributed by atoms with Crippen molar-refractivity contribution >= 4 is 17.3 Å². The minimum Gasteiger partial charge on any atom is -0.493 e. The fourth-order valence-corrected chi connectivity index (χ4v) is 3.26. The van der Waals surface area contributed by atoms with Crippen LogP contribution >= 0.6 is 11.3 Å². The van der Waals surface area contributed by atoms with E-state index in [0.29, 0.717) is 12.5 Å². The molecule has 0 aliphatic heterocycles. The summed E-state index contributed by atoms with van der Waals surface area (Å²) in [7, 11) is 5.06. The number of nitrogens with one attached hydrogen (secondary N) is 2. The van der Waals surface area contributed by atoms with Gasteiger partial charge in [0.1, 0.15) is 0 Å². The van der Waals surface area contributed by atoms with E-state index in [9.17, 15) is 0 Å². The third-order valence-corrected chi connectivity index (χ3v) is 5.07. The van der Waals surface area contributed by atoms with Crippen molar-refractivity contribution in [3.05, 3.63) is 39.8 Å². The van der Waals surface area contributed by atoms with Crippen molar-refractivity contribution in [2.24, 2.45) is 4.99 Å². The van der Waals surface area contributed by atoms with Gasteiger partial charge in [-0.05, 0) is 24.1 Å². The van der Waals surface area contributed by atoms with E-state index in [1.54, 1.807) is 32.6 Å². The molecule has 0 atom stereocenters. The Labute approximate surface area is 159 Å². The van der Waals surface area contributed by atoms with Gasteiger partial charge in [0.2, 0.25) is 0 Å². The van der Waals surface area contributed by atoms with Gasteiger partial charge in [-0.3, -0.25) is 4.99 Å². The van der Waals surface area contributed by atoms with Crippen LogP contribution < -0.4 is 20.1 Å². The molecule has 0 unspecified atom stereocenters. The molecule has 0 saturated heterocycles. The van der Waals surface area contributed by atoms with E-state index in [1.165, 1.54) is 5.56 Å². The van der Waals surface area contributed by atoms with E-state index in [0.717, 1.165) is 41.1 Å². The molecule has 26 heavy (non-hydrogen) atoms. The lowest BCUT2D eigenvalue weighted by Crippen LogP contribution is -2.37. The molecule has 7 heteroatoms. The van der Waals surface area contributed by atoms with Crippen molar-refractivity contribution < 1.29 is 9.47 Å². The molecule has 2 rings (SSSR count). The van der Waals surface area contributed by atoms with E-state index in [2.05, 4.69) is 39.8 Å². The minimum absolute atomic E-state index is 0.465. The average Bonchev–Trinajstić information content (AvgIpc) is 3.13. The number of rotatable bonds is 8. The number of nitrogens with zero attached hydrogens (tertiary/aromatic N) is 2. The van der Waals surface area contributed by atoms with Crippen LogP contribution in [0.25, 0.3) is 0 Å². The Morgan fingerprint density at radius 3 is 2.58 bits per heavy atom. The molecular weight excluding hydrogens is 348 g/mol. The number of thiazole rings is 1. The first-order chi connectivity index (χ1) is 12.6. The zero-order valence-corrected chi connectivity index (χ0v) is 16.9. The lowest BCUT2D eigenvalue weighted by atomic mass is 10.1. The summed E-state index contributed by atoms with van der Waals surface area (Å²) >= 11 is 1.70. The molecule has 0 aliphatic carbocycles. The molecule has 0 radical (unpaired) electrons. The van der Waals surface area contributed by atoms with Crippen LogP contribution in [0.1, 0.15) is 36.0 Å². The van der Waals surface area contributed by atoms with Crippen molar-refractivity contribution in [3.8, 4) is 11.5 Å². The van der Waals surface area contributed by atoms with Crippen LogP contribution in [-0.4, -0.2) is 38.8 Å². The molecule has 0 fully saturated rings. The fraction of sp³-hybridized carbons (Fsp3) is 0.474. The highest BCUT2D eigenvalue weighted by atomic mass is 32.1. The summed E-state index contributed by atoms with van der Waals surface area (Å²) in [6.07, 6.45) is 0.856. The number of guanidine groups is 1. The first kappa shape index (κ1) is 20.0. The average molecular weight is 377 g/mol. The Balaban J connectivity index is 1.81. The molecule has 142 valence electrons. The number of aliphatic imine (C=N–C) groups is 1. The maximum atomic E-state index is 5.34. The molecule has 6 nitrogen and oxygen atoms in total. The molecule has 0 aliphatic rings. The third-order valence-electron chi connectivity index (χ3n) is 3.88. The predicted molar refractivity (Wildman–Crippen MR) is 108 cm³/mol. The first-order valence-electron chi connectivity index (χ1n) is 8.67. The summed E-state index contributed by atoms with van der Waals surface area (Å²) in [4.78, 5) is 8.89. The normalized spacial score (nSPS) is 11.5. The van der Waals surface area contributed by atoms with Gasteiger partial charge in [-0.2, -0.15) is 0 Å². The fourth-order valence-electron chi connectivity index (χ4n) is 2.43. The highest BCUT2D eigenvalue weighted by molar-refractivity contribution is 7.09. The number of hydrogen-bond donors (Lipinski definition) is 2. The van der Waals surface area contributed by atoms with E-state index in [1.807, 2.05) is 18.2 Å². The van der Waals surface area contributed by atoms with Crippen molar-refractivity contribution in [3.63, 3.8) is 0 Å². The number of ether oxygens (including phenoxy) is 2. The van der Waals surface area contributed by atoms with Crippen LogP contribution in [0.3, 0.4) is 0 Å². The van der Waals surface area contributed by atoms with Gasteiger partial charge < -0.3 is 20.1 Å². The van der Waals surface area contributed by atoms with E-state index in [4.69, 9.17) is 9.47 Å². The quantitative estimate of drug-likeness (QED) is 0.547. The second-order valence-electron chi connectivity index (χ2n) is 6.12. The summed E-state index contributed by atoms with van der Waals surface area (Å²) in [5, 5.41) is 9.89. The van der Waals surface area contributed by atoms with Crippen LogP contribution in [0.5, 0.6) is 11.5 Å². The Kier molecular flexibility index (Phi) is 7.72. The monoisotopic (exact) mass is 376 g/mol. The highest BCUT2D eigenvalue weighted by Crippen LogP contribution is 2.27. The molecule has 1 aromatic carbocycles. The molecule has 0 amide bonds. The number of methoxy groups -OCH3 is 2. The van der Waals surface area contributed by atoms with Crippen molar-refractivity contribution in [1.29, 1.82) is 0 Å². The Morgan fingerprint density at radius 1 is 1.19 bits per heavy atom. The summed E-state index contributed by atoms with van der Waals surface area (Å²) in [6.45, 7) is 5.75. The highest BCUT2D eigenvalue weighted by Gasteiger charge is 2.07. The Morgan fingerprint density at radius 2 is 1.96 bits per heavy atom. The molecule has 1 aromatic heterocycles. The molecule has 0 spiro atoms. The minimum atomic E-state index is 0.465. The third kappa shape index (κ3) is 5.62. The largest absolute Gasteiger partial charge is 0.493 e. The maximum absolute atomic E-state index is 5.34. The molecule has 2 aromatic rings. The SMILES string of the molecule is CN=C(NCCc1ccc(OC)c(OC)c1)NCc1csc(C(C)C)n1. The van der Waals surface area contributed by atoms with Gasteiger partial charge in [0.15, 0.2) is 17.5 Å². The summed E-state index contributed by atoms with van der Waals surface area (Å²) in [5.74, 6) is 2.72. The van der Waals surface area contributed by atoms with Crippen LogP contribution in [-0.2, 0) is 13.0 Å². The van der Waals surface area contributed by atoms with Crippen molar-refractivity contribution in [2.75, 3.05) is 27.8 Å². The van der Waals surface area contributed by atoms with Gasteiger partial charge in [0.25, 0.3) is 0 Å². The van der Waals surface area contributed by atoms with Gasteiger partial charge in [0, 0.05) is 24.9 Å². The maximum Gasteiger partial charge on any atom is 0.191 e. The zero-order chi connectivity index (χ0) is 18.9. The smallest absolute Gasteiger partial charge is 0.191 e. The molecule has 1 heterocycles. The molecule has 0 saturated carbocycles. The number of benzene rings is 1. The van der Waals surface area contributed by atoms with Crippen LogP contribution in [0.15, 0.2) is 28.6 Å². The van der Waals surface area contributed by atoms with Crippen molar-refractivity contribution in [1.82, 2.24) is 15.6 Å². The van der Waals surface area contributed by atoms with Crippen molar-refractivity contribution in [2.45, 2.75) is 32.7 Å². The van der Waals surface area contributed by atoms with Crippen LogP contribution in [0.2, 0.25) is 0 Å². The number of aromatic nitrogens is 1. The summed E-state index contributed by atoms with van der Waals surface area (Å²) in [6, 6.07) is 5.97. The Hall–Kier alpha value is -2.28. The van der Waals surface area contributed by atoms with Crippen LogP contribution in [0.4, 0.5) is 0 Å². The van der Waals surface area contributed by atoms with Gasteiger partial charge in [-0.15, -0.1) is 11.3 Å². The summed E-state index contributed by atoms with van der Waals surface area (Å²) in [5.41, 5.74) is 2.22. The van der Waals surface area contributed by atoms with E-state index < -0.39 is 0 Å². The Bertz CT molecular complexity index is 728. The lowest BCUT2D eigenvalue weighted by Gasteiger charge is -2.12. The van der Waals surface area contributed by atoms with E-state index in [-0.39, 0.29) is 0 Å². The van der Waals surface area contributed by atoms with Gasteiger partial charge in [-0.25, -0.2) is 4.98 Å². The lowest BCUT2D eigenvalue weighted by molar-refractivity contribution is 0.354. The molecule has 2 N–H and O–H groups in total. The van der Waals surface area contributed by atoms with Crippen LogP contribution in [0, 0.1) is 0 Å². The van der Waals surface area contributed by atoms with E-state index >= 15 is 0 Å². The summed E-state index contributed by atoms with van der Waals surface area (Å²) < 4.78 is 10.6. The van der Waals surface area contributed by atoms with Gasteiger partial charge in [0.05, 0.1) is 31.5 Å². The molecular formula is C19H28N4O2S. The standard InChI is InChI=1S/C19H28N4O2S/c1-13(2)18-23-15(12-26-18)11-22-19(20-3)21-9-8-14-6-7-16(24-4)17(10-14)25-5/h6-7,10,12-13H,8-9,11H2,1-5H3,(H2,20,21,22). The second kappa shape index (κ2) is 10.0. The number of hydrogen-bond acceptors (Lipinski definition) is 5. The predicted octanol–water partition coefficient (Wildman–Crippen LogP) is 3.19. The van der Waals surface area contributed by atoms with Gasteiger partial charge >= 0.3 is 0 Å².